The molecule has 28 heavy (non-hydrogen) atoms. The molecule has 0 aliphatic heterocycles. The lowest BCUT2D eigenvalue weighted by atomic mass is 9.79. The lowest BCUT2D eigenvalue weighted by Crippen LogP contribution is -2.40. The Bertz CT molecular complexity index is 888. The van der Waals surface area contributed by atoms with Crippen LogP contribution in [0.4, 0.5) is 9.39 Å². The number of nitrogens with one attached hydrogen (secondary N) is 1. The number of amides is 2. The number of rotatable bonds is 6. The van der Waals surface area contributed by atoms with Crippen molar-refractivity contribution in [1.29, 1.82) is 0 Å². The van der Waals surface area contributed by atoms with Gasteiger partial charge in [0.25, 0.3) is 11.8 Å². The molecule has 2 aromatic rings. The van der Waals surface area contributed by atoms with Gasteiger partial charge in [0.2, 0.25) is 0 Å². The van der Waals surface area contributed by atoms with Gasteiger partial charge in [-0.2, -0.15) is 0 Å². The van der Waals surface area contributed by atoms with Crippen molar-refractivity contribution in [1.82, 2.24) is 0 Å². The highest BCUT2D eigenvalue weighted by Crippen LogP contribution is 2.42. The quantitative estimate of drug-likeness (QED) is 0.721. The molecule has 0 unspecified atom stereocenters. The average molecular weight is 404 g/mol. The molecule has 1 aromatic heterocycles. The molecule has 1 aromatic carbocycles. The molecule has 0 saturated heterocycles. The first-order valence-electron chi connectivity index (χ1n) is 8.99. The van der Waals surface area contributed by atoms with Gasteiger partial charge < -0.3 is 15.8 Å². The minimum atomic E-state index is -1.06. The summed E-state index contributed by atoms with van der Waals surface area (Å²) < 4.78 is 18.8. The van der Waals surface area contributed by atoms with E-state index in [0.717, 1.165) is 24.2 Å². The molecule has 1 aliphatic carbocycles. The molecule has 1 atom stereocenters. The van der Waals surface area contributed by atoms with Crippen LogP contribution in [-0.4, -0.2) is 23.9 Å². The second kappa shape index (κ2) is 8.10. The molecule has 3 rings (SSSR count). The fourth-order valence-electron chi connectivity index (χ4n) is 3.50. The highest BCUT2D eigenvalue weighted by atomic mass is 32.1. The molecular formula is C20H21FN2O4S. The Morgan fingerprint density at radius 1 is 1.18 bits per heavy atom. The van der Waals surface area contributed by atoms with E-state index in [-0.39, 0.29) is 11.4 Å². The zero-order chi connectivity index (χ0) is 20.3. The second-order valence-electron chi connectivity index (χ2n) is 6.86. The van der Waals surface area contributed by atoms with Crippen molar-refractivity contribution in [3.63, 3.8) is 0 Å². The van der Waals surface area contributed by atoms with Crippen LogP contribution >= 0.6 is 11.3 Å². The molecule has 3 N–H and O–H groups in total. The number of anilines is 1. The summed E-state index contributed by atoms with van der Waals surface area (Å²) in [6.07, 6.45) is 1.81. The van der Waals surface area contributed by atoms with E-state index in [1.54, 1.807) is 17.5 Å². The van der Waals surface area contributed by atoms with Gasteiger partial charge in [-0.15, -0.1) is 11.3 Å². The highest BCUT2D eigenvalue weighted by molar-refractivity contribution is 7.14. The predicted octanol–water partition coefficient (Wildman–Crippen LogP) is 3.37. The maximum atomic E-state index is 13.3. The van der Waals surface area contributed by atoms with Crippen LogP contribution in [0.3, 0.4) is 0 Å². The summed E-state index contributed by atoms with van der Waals surface area (Å²) in [7, 11) is 0. The lowest BCUT2D eigenvalue weighted by Gasteiger charge is -2.28. The zero-order valence-corrected chi connectivity index (χ0v) is 16.2. The molecule has 0 radical (unpaired) electrons. The minimum Gasteiger partial charge on any atom is -0.452 e. The number of ether oxygens (including phenoxy) is 1. The van der Waals surface area contributed by atoms with Crippen LogP contribution in [0, 0.1) is 5.82 Å². The van der Waals surface area contributed by atoms with E-state index in [1.165, 1.54) is 25.1 Å². The van der Waals surface area contributed by atoms with Crippen molar-refractivity contribution in [2.45, 2.75) is 44.1 Å². The summed E-state index contributed by atoms with van der Waals surface area (Å²) in [6.45, 7) is 1.47. The molecule has 1 fully saturated rings. The fraction of sp³-hybridized carbons (Fsp3) is 0.350. The summed E-state index contributed by atoms with van der Waals surface area (Å²) in [6, 6.07) is 7.35. The number of hydrogen-bond acceptors (Lipinski definition) is 5. The summed E-state index contributed by atoms with van der Waals surface area (Å²) in [4.78, 5) is 36.8. The Balaban J connectivity index is 1.73. The second-order valence-corrected chi connectivity index (χ2v) is 7.78. The summed E-state index contributed by atoms with van der Waals surface area (Å²) in [5, 5.41) is 4.53. The van der Waals surface area contributed by atoms with Crippen molar-refractivity contribution in [2.75, 3.05) is 5.32 Å². The van der Waals surface area contributed by atoms with E-state index in [1.807, 2.05) is 0 Å². The Kier molecular flexibility index (Phi) is 5.79. The molecule has 0 spiro atoms. The van der Waals surface area contributed by atoms with E-state index in [2.05, 4.69) is 5.32 Å². The van der Waals surface area contributed by atoms with Crippen molar-refractivity contribution >= 4 is 34.1 Å². The molecule has 2 amide bonds. The molecule has 0 bridgehead atoms. The van der Waals surface area contributed by atoms with Gasteiger partial charge in [-0.3, -0.25) is 14.4 Å². The first-order valence-corrected chi connectivity index (χ1v) is 9.87. The number of benzene rings is 1. The smallest absolute Gasteiger partial charge is 0.317 e. The normalized spacial score (nSPS) is 16.4. The number of esters is 1. The number of nitrogens with two attached hydrogens (primary N) is 1. The van der Waals surface area contributed by atoms with Crippen molar-refractivity contribution in [3.8, 4) is 0 Å². The first kappa shape index (κ1) is 20.0. The summed E-state index contributed by atoms with van der Waals surface area (Å²) >= 11 is 1.16. The molecule has 148 valence electrons. The van der Waals surface area contributed by atoms with Gasteiger partial charge in [0, 0.05) is 0 Å². The number of primary amides is 1. The number of thiophene rings is 1. The van der Waals surface area contributed by atoms with E-state index < -0.39 is 29.3 Å². The van der Waals surface area contributed by atoms with E-state index >= 15 is 0 Å². The third kappa shape index (κ3) is 3.91. The van der Waals surface area contributed by atoms with Gasteiger partial charge in [-0.1, -0.05) is 25.0 Å². The summed E-state index contributed by atoms with van der Waals surface area (Å²) in [5.74, 6) is -2.08. The van der Waals surface area contributed by atoms with Crippen LogP contribution in [0.2, 0.25) is 0 Å². The fourth-order valence-corrected chi connectivity index (χ4v) is 4.29. The molecule has 6 nitrogen and oxygen atoms in total. The number of carbonyl (C=O) groups excluding carboxylic acids is 3. The average Bonchev–Trinajstić information content (AvgIpc) is 3.32. The number of halogens is 1. The first-order chi connectivity index (χ1) is 13.3. The third-order valence-corrected chi connectivity index (χ3v) is 5.89. The Morgan fingerprint density at radius 2 is 1.82 bits per heavy atom. The Hall–Kier alpha value is -2.74. The molecule has 1 aliphatic rings. The van der Waals surface area contributed by atoms with Crippen LogP contribution in [0.25, 0.3) is 0 Å². The molecule has 1 saturated carbocycles. The largest absolute Gasteiger partial charge is 0.452 e. The standard InChI is InChI=1S/C20H21FN2O4S/c1-12(17(25)23-18-15(16(22)24)8-11-28-18)27-19(26)20(9-2-3-10-20)13-4-6-14(21)7-5-13/h4-8,11-12H,2-3,9-10H2,1H3,(H2,22,24)(H,23,25)/t12-/m1/s1. The van der Waals surface area contributed by atoms with E-state index in [9.17, 15) is 18.8 Å². The van der Waals surface area contributed by atoms with E-state index in [4.69, 9.17) is 10.5 Å². The van der Waals surface area contributed by atoms with Crippen LogP contribution < -0.4 is 11.1 Å². The van der Waals surface area contributed by atoms with Crippen LogP contribution in [0.1, 0.15) is 48.5 Å². The molecule has 1 heterocycles. The van der Waals surface area contributed by atoms with Gasteiger partial charge in [0.05, 0.1) is 11.0 Å². The SMILES string of the molecule is C[C@@H](OC(=O)C1(c2ccc(F)cc2)CCCC1)C(=O)Nc1sccc1C(N)=O. The van der Waals surface area contributed by atoms with Gasteiger partial charge in [-0.25, -0.2) is 4.39 Å². The maximum absolute atomic E-state index is 13.3. The zero-order valence-electron chi connectivity index (χ0n) is 15.4. The lowest BCUT2D eigenvalue weighted by molar-refractivity contribution is -0.159. The highest BCUT2D eigenvalue weighted by Gasteiger charge is 2.45. The van der Waals surface area contributed by atoms with Crippen LogP contribution in [-0.2, 0) is 19.7 Å². The minimum absolute atomic E-state index is 0.204. The van der Waals surface area contributed by atoms with Crippen molar-refractivity contribution in [3.05, 3.63) is 52.7 Å². The van der Waals surface area contributed by atoms with Crippen molar-refractivity contribution < 1.29 is 23.5 Å². The number of hydrogen-bond donors (Lipinski definition) is 2. The van der Waals surface area contributed by atoms with Crippen molar-refractivity contribution in [2.24, 2.45) is 5.73 Å². The van der Waals surface area contributed by atoms with Crippen LogP contribution in [0.15, 0.2) is 35.7 Å². The van der Waals surface area contributed by atoms with Crippen LogP contribution in [0.5, 0.6) is 0 Å². The molecular weight excluding hydrogens is 383 g/mol. The monoisotopic (exact) mass is 404 g/mol. The van der Waals surface area contributed by atoms with Gasteiger partial charge in [0.1, 0.15) is 10.8 Å². The van der Waals surface area contributed by atoms with E-state index in [0.29, 0.717) is 23.4 Å². The number of carbonyl (C=O) groups is 3. The van der Waals surface area contributed by atoms with Gasteiger partial charge in [0.15, 0.2) is 6.10 Å². The maximum Gasteiger partial charge on any atom is 0.317 e. The van der Waals surface area contributed by atoms with Gasteiger partial charge >= 0.3 is 5.97 Å². The summed E-state index contributed by atoms with van der Waals surface area (Å²) in [5.41, 5.74) is 5.30. The Morgan fingerprint density at radius 3 is 2.43 bits per heavy atom. The topological polar surface area (TPSA) is 98.5 Å². The molecule has 8 heteroatoms. The predicted molar refractivity (Wildman–Crippen MR) is 104 cm³/mol. The van der Waals surface area contributed by atoms with Gasteiger partial charge in [-0.05, 0) is 48.9 Å². The Labute approximate surface area is 165 Å². The third-order valence-electron chi connectivity index (χ3n) is 5.07.